The summed E-state index contributed by atoms with van der Waals surface area (Å²) in [7, 11) is 0. The number of hydrazine groups is 1. The molecule has 1 unspecified atom stereocenters. The topological polar surface area (TPSA) is 47.3 Å². The second-order valence-electron chi connectivity index (χ2n) is 4.58. The van der Waals surface area contributed by atoms with Gasteiger partial charge in [0.2, 0.25) is 0 Å². The molecule has 0 aromatic heterocycles. The molecule has 0 saturated carbocycles. The van der Waals surface area contributed by atoms with Crippen LogP contribution in [0.3, 0.4) is 0 Å². The summed E-state index contributed by atoms with van der Waals surface area (Å²) >= 11 is 0. The van der Waals surface area contributed by atoms with Crippen molar-refractivity contribution in [1.29, 1.82) is 0 Å². The molecule has 0 radical (unpaired) electrons. The van der Waals surface area contributed by atoms with Gasteiger partial charge in [-0.1, -0.05) is 42.5 Å². The first-order valence-corrected chi connectivity index (χ1v) is 6.50. The van der Waals surface area contributed by atoms with Crippen molar-refractivity contribution in [3.05, 3.63) is 65.7 Å². The molecule has 0 heterocycles. The highest BCUT2D eigenvalue weighted by molar-refractivity contribution is 5.27. The third-order valence-electron chi connectivity index (χ3n) is 3.07. The van der Waals surface area contributed by atoms with Crippen molar-refractivity contribution >= 4 is 0 Å². The first-order chi connectivity index (χ1) is 9.29. The normalized spacial score (nSPS) is 12.1. The number of aryl methyl sites for hydroxylation is 1. The van der Waals surface area contributed by atoms with Crippen molar-refractivity contribution < 1.29 is 4.74 Å². The van der Waals surface area contributed by atoms with E-state index in [1.165, 1.54) is 11.1 Å². The van der Waals surface area contributed by atoms with Gasteiger partial charge in [-0.2, -0.15) is 0 Å². The fraction of sp³-hybridized carbons (Fsp3) is 0.250. The van der Waals surface area contributed by atoms with Gasteiger partial charge < -0.3 is 4.74 Å². The summed E-state index contributed by atoms with van der Waals surface area (Å²) in [6.07, 6.45) is 0.828. The van der Waals surface area contributed by atoms with Crippen LogP contribution < -0.4 is 16.0 Å². The molecule has 0 aliphatic heterocycles. The highest BCUT2D eigenvalue weighted by Gasteiger charge is 2.08. The van der Waals surface area contributed by atoms with Gasteiger partial charge in [0.05, 0.1) is 6.61 Å². The number of benzene rings is 2. The Labute approximate surface area is 114 Å². The summed E-state index contributed by atoms with van der Waals surface area (Å²) in [6.45, 7) is 2.69. The molecule has 3 N–H and O–H groups in total. The highest BCUT2D eigenvalue weighted by Crippen LogP contribution is 2.17. The molecule has 0 aliphatic carbocycles. The largest absolute Gasteiger partial charge is 0.494 e. The standard InChI is InChI=1S/C16H20N2O/c1-13-6-5-9-15(12-13)19-11-10-16(18-17)14-7-3-2-4-8-14/h2-9,12,16,18H,10-11,17H2,1H3. The maximum atomic E-state index is 5.75. The number of nitrogens with one attached hydrogen (secondary N) is 1. The minimum absolute atomic E-state index is 0.117. The molecule has 0 fully saturated rings. The van der Waals surface area contributed by atoms with Crippen LogP contribution in [0.15, 0.2) is 54.6 Å². The average Bonchev–Trinajstić information content (AvgIpc) is 2.45. The molecular weight excluding hydrogens is 236 g/mol. The molecule has 2 aromatic rings. The van der Waals surface area contributed by atoms with Crippen molar-refractivity contribution in [2.24, 2.45) is 5.84 Å². The van der Waals surface area contributed by atoms with E-state index in [-0.39, 0.29) is 6.04 Å². The number of rotatable bonds is 6. The van der Waals surface area contributed by atoms with Gasteiger partial charge in [0.25, 0.3) is 0 Å². The summed E-state index contributed by atoms with van der Waals surface area (Å²) in [4.78, 5) is 0. The molecule has 19 heavy (non-hydrogen) atoms. The third-order valence-corrected chi connectivity index (χ3v) is 3.07. The molecule has 0 bridgehead atoms. The van der Waals surface area contributed by atoms with Crippen LogP contribution in [-0.2, 0) is 0 Å². The molecule has 1 atom stereocenters. The van der Waals surface area contributed by atoms with Gasteiger partial charge in [-0.15, -0.1) is 0 Å². The predicted octanol–water partition coefficient (Wildman–Crippen LogP) is 2.97. The van der Waals surface area contributed by atoms with Crippen LogP contribution in [-0.4, -0.2) is 6.61 Å². The van der Waals surface area contributed by atoms with Crippen molar-refractivity contribution in [1.82, 2.24) is 5.43 Å². The number of hydrogen-bond donors (Lipinski definition) is 2. The van der Waals surface area contributed by atoms with Crippen molar-refractivity contribution in [3.63, 3.8) is 0 Å². The Morgan fingerprint density at radius 1 is 1.11 bits per heavy atom. The fourth-order valence-electron chi connectivity index (χ4n) is 2.03. The molecule has 3 heteroatoms. The van der Waals surface area contributed by atoms with E-state index in [1.807, 2.05) is 36.4 Å². The van der Waals surface area contributed by atoms with Crippen molar-refractivity contribution in [2.45, 2.75) is 19.4 Å². The van der Waals surface area contributed by atoms with Gasteiger partial charge >= 0.3 is 0 Å². The smallest absolute Gasteiger partial charge is 0.119 e. The lowest BCUT2D eigenvalue weighted by Gasteiger charge is -2.16. The first-order valence-electron chi connectivity index (χ1n) is 6.50. The van der Waals surface area contributed by atoms with Crippen LogP contribution in [0.5, 0.6) is 5.75 Å². The summed E-state index contributed by atoms with van der Waals surface area (Å²) in [5, 5.41) is 0. The molecule has 3 nitrogen and oxygen atoms in total. The Balaban J connectivity index is 1.87. The number of ether oxygens (including phenoxy) is 1. The predicted molar refractivity (Wildman–Crippen MR) is 77.8 cm³/mol. The maximum Gasteiger partial charge on any atom is 0.119 e. The van der Waals surface area contributed by atoms with Crippen molar-refractivity contribution in [2.75, 3.05) is 6.61 Å². The van der Waals surface area contributed by atoms with E-state index in [0.717, 1.165) is 12.2 Å². The lowest BCUT2D eigenvalue weighted by atomic mass is 10.1. The van der Waals surface area contributed by atoms with Crippen LogP contribution >= 0.6 is 0 Å². The first kappa shape index (κ1) is 13.6. The van der Waals surface area contributed by atoms with Crippen LogP contribution in [0.1, 0.15) is 23.6 Å². The molecule has 0 aliphatic rings. The monoisotopic (exact) mass is 256 g/mol. The van der Waals surface area contributed by atoms with Crippen LogP contribution in [0.2, 0.25) is 0 Å². The molecule has 0 amide bonds. The fourth-order valence-corrected chi connectivity index (χ4v) is 2.03. The van der Waals surface area contributed by atoms with Crippen LogP contribution in [0.25, 0.3) is 0 Å². The van der Waals surface area contributed by atoms with Gasteiger partial charge in [0, 0.05) is 12.5 Å². The molecule has 2 rings (SSSR count). The number of hydrogen-bond acceptors (Lipinski definition) is 3. The van der Waals surface area contributed by atoms with Gasteiger partial charge in [-0.25, -0.2) is 0 Å². The summed E-state index contributed by atoms with van der Waals surface area (Å²) in [5.41, 5.74) is 5.22. The van der Waals surface area contributed by atoms with E-state index < -0.39 is 0 Å². The SMILES string of the molecule is Cc1cccc(OCCC(NN)c2ccccc2)c1. The average molecular weight is 256 g/mol. The van der Waals surface area contributed by atoms with Crippen LogP contribution in [0, 0.1) is 6.92 Å². The Kier molecular flexibility index (Phi) is 4.95. The highest BCUT2D eigenvalue weighted by atomic mass is 16.5. The summed E-state index contributed by atoms with van der Waals surface area (Å²) in [6, 6.07) is 18.3. The molecule has 0 saturated heterocycles. The third kappa shape index (κ3) is 4.09. The minimum atomic E-state index is 0.117. The van der Waals surface area contributed by atoms with E-state index in [4.69, 9.17) is 10.6 Å². The Morgan fingerprint density at radius 3 is 2.58 bits per heavy atom. The zero-order valence-electron chi connectivity index (χ0n) is 11.2. The molecule has 100 valence electrons. The molecule has 2 aromatic carbocycles. The Bertz CT molecular complexity index is 499. The second-order valence-corrected chi connectivity index (χ2v) is 4.58. The second kappa shape index (κ2) is 6.92. The lowest BCUT2D eigenvalue weighted by Crippen LogP contribution is -2.29. The lowest BCUT2D eigenvalue weighted by molar-refractivity contribution is 0.287. The van der Waals surface area contributed by atoms with Gasteiger partial charge in [0.1, 0.15) is 5.75 Å². The van der Waals surface area contributed by atoms with Crippen molar-refractivity contribution in [3.8, 4) is 5.75 Å². The van der Waals surface area contributed by atoms with E-state index >= 15 is 0 Å². The number of nitrogens with two attached hydrogens (primary N) is 1. The minimum Gasteiger partial charge on any atom is -0.494 e. The summed E-state index contributed by atoms with van der Waals surface area (Å²) in [5.74, 6) is 6.51. The molecular formula is C16H20N2O. The van der Waals surface area contributed by atoms with Gasteiger partial charge in [-0.05, 0) is 30.2 Å². The molecule has 0 spiro atoms. The van der Waals surface area contributed by atoms with Crippen LogP contribution in [0.4, 0.5) is 0 Å². The summed E-state index contributed by atoms with van der Waals surface area (Å²) < 4.78 is 5.75. The van der Waals surface area contributed by atoms with E-state index in [0.29, 0.717) is 6.61 Å². The van der Waals surface area contributed by atoms with Gasteiger partial charge in [0.15, 0.2) is 0 Å². The zero-order valence-corrected chi connectivity index (χ0v) is 11.2. The Morgan fingerprint density at radius 2 is 1.89 bits per heavy atom. The van der Waals surface area contributed by atoms with Gasteiger partial charge in [-0.3, -0.25) is 11.3 Å². The van der Waals surface area contributed by atoms with E-state index in [1.54, 1.807) is 0 Å². The van der Waals surface area contributed by atoms with E-state index in [2.05, 4.69) is 30.5 Å². The quantitative estimate of drug-likeness (QED) is 0.617. The Hall–Kier alpha value is -1.84. The van der Waals surface area contributed by atoms with E-state index in [9.17, 15) is 0 Å². The maximum absolute atomic E-state index is 5.75. The zero-order chi connectivity index (χ0) is 13.5.